The van der Waals surface area contributed by atoms with E-state index in [9.17, 15) is 15.0 Å². The quantitative estimate of drug-likeness (QED) is 0.387. The lowest BCUT2D eigenvalue weighted by Gasteiger charge is -2.31. The second-order valence-corrected chi connectivity index (χ2v) is 11.1. The van der Waals surface area contributed by atoms with Crippen LogP contribution >= 0.6 is 0 Å². The van der Waals surface area contributed by atoms with Gasteiger partial charge >= 0.3 is 5.97 Å². The molecule has 0 saturated heterocycles. The van der Waals surface area contributed by atoms with Crippen LogP contribution in [0.2, 0.25) is 0 Å². The third kappa shape index (κ3) is 6.15. The van der Waals surface area contributed by atoms with Crippen LogP contribution in [-0.4, -0.2) is 16.2 Å². The Bertz CT molecular complexity index is 927. The van der Waals surface area contributed by atoms with Gasteiger partial charge in [-0.15, -0.1) is 0 Å². The molecule has 2 N–H and O–H groups in total. The summed E-state index contributed by atoms with van der Waals surface area (Å²) in [5.74, 6) is -0.732. The van der Waals surface area contributed by atoms with Gasteiger partial charge in [0.1, 0.15) is 5.75 Å². The molecule has 32 heavy (non-hydrogen) atoms. The lowest BCUT2D eigenvalue weighted by Crippen LogP contribution is -2.21. The van der Waals surface area contributed by atoms with Crippen molar-refractivity contribution in [1.29, 1.82) is 0 Å². The first-order valence-corrected chi connectivity index (χ1v) is 12.1. The lowest BCUT2D eigenvalue weighted by atomic mass is 9.73. The zero-order chi connectivity index (χ0) is 24.1. The smallest absolute Gasteiger partial charge is 0.336 e. The Kier molecular flexibility index (Phi) is 8.56. The van der Waals surface area contributed by atoms with E-state index in [1.54, 1.807) is 6.07 Å². The molecule has 0 amide bonds. The second-order valence-electron chi connectivity index (χ2n) is 11.1. The Morgan fingerprint density at radius 2 is 1.47 bits per heavy atom. The Morgan fingerprint density at radius 3 is 2.03 bits per heavy atom. The van der Waals surface area contributed by atoms with Crippen LogP contribution in [0.5, 0.6) is 5.75 Å². The van der Waals surface area contributed by atoms with Gasteiger partial charge in [0.15, 0.2) is 0 Å². The van der Waals surface area contributed by atoms with E-state index in [0.717, 1.165) is 29.5 Å². The molecule has 0 bridgehead atoms. The van der Waals surface area contributed by atoms with Gasteiger partial charge in [0.25, 0.3) is 0 Å². The molecule has 0 heterocycles. The molecule has 0 saturated carbocycles. The summed E-state index contributed by atoms with van der Waals surface area (Å²) in [5.41, 5.74) is 3.63. The number of aryl methyl sites for hydroxylation is 1. The molecule has 0 atom stereocenters. The highest BCUT2D eigenvalue weighted by Gasteiger charge is 2.33. The van der Waals surface area contributed by atoms with Crippen LogP contribution in [-0.2, 0) is 17.3 Å². The van der Waals surface area contributed by atoms with E-state index in [-0.39, 0.29) is 16.7 Å². The molecule has 0 spiro atoms. The van der Waals surface area contributed by atoms with Gasteiger partial charge in [0, 0.05) is 16.7 Å². The standard InChI is InChI=1S/C29H42O3/c1-8-9-10-11-12-13-16-20-17-14-15-18-21(20)24-22(27(31)32)19-23(28(2,3)4)26(30)25(24)29(5,6)7/h14-15,17-19,30H,8-13,16H2,1-7H3,(H,31,32). The molecule has 0 aromatic heterocycles. The molecule has 0 aliphatic carbocycles. The summed E-state index contributed by atoms with van der Waals surface area (Å²) in [7, 11) is 0. The zero-order valence-electron chi connectivity index (χ0n) is 21.1. The maximum absolute atomic E-state index is 12.5. The van der Waals surface area contributed by atoms with E-state index < -0.39 is 11.4 Å². The number of hydrogen-bond donors (Lipinski definition) is 2. The first-order valence-electron chi connectivity index (χ1n) is 12.1. The van der Waals surface area contributed by atoms with Crippen LogP contribution in [0.4, 0.5) is 0 Å². The monoisotopic (exact) mass is 438 g/mol. The van der Waals surface area contributed by atoms with Crippen LogP contribution in [0.25, 0.3) is 11.1 Å². The molecule has 2 aromatic carbocycles. The zero-order valence-corrected chi connectivity index (χ0v) is 21.1. The fraction of sp³-hybridized carbons (Fsp3) is 0.552. The minimum Gasteiger partial charge on any atom is -0.507 e. The van der Waals surface area contributed by atoms with Crippen molar-refractivity contribution >= 4 is 5.97 Å². The molecular formula is C29H42O3. The minimum atomic E-state index is -0.953. The number of aromatic carboxylic acids is 1. The maximum Gasteiger partial charge on any atom is 0.336 e. The van der Waals surface area contributed by atoms with E-state index in [2.05, 4.69) is 13.0 Å². The van der Waals surface area contributed by atoms with Crippen LogP contribution in [0.1, 0.15) is 114 Å². The highest BCUT2D eigenvalue weighted by Crippen LogP contribution is 2.47. The van der Waals surface area contributed by atoms with E-state index >= 15 is 0 Å². The van der Waals surface area contributed by atoms with Gasteiger partial charge in [-0.25, -0.2) is 4.79 Å². The largest absolute Gasteiger partial charge is 0.507 e. The number of rotatable bonds is 9. The van der Waals surface area contributed by atoms with Gasteiger partial charge in [-0.05, 0) is 40.9 Å². The molecule has 2 aromatic rings. The minimum absolute atomic E-state index is 0.222. The van der Waals surface area contributed by atoms with Gasteiger partial charge < -0.3 is 10.2 Å². The van der Waals surface area contributed by atoms with Crippen LogP contribution in [0, 0.1) is 0 Å². The Balaban J connectivity index is 2.65. The number of aromatic hydroxyl groups is 1. The molecule has 0 fully saturated rings. The molecule has 0 unspecified atom stereocenters. The number of phenolic OH excluding ortho intramolecular Hbond substituents is 1. The number of unbranched alkanes of at least 4 members (excludes halogenated alkanes) is 5. The normalized spacial score (nSPS) is 12.2. The summed E-state index contributed by atoms with van der Waals surface area (Å²) in [4.78, 5) is 12.5. The summed E-state index contributed by atoms with van der Waals surface area (Å²) >= 11 is 0. The van der Waals surface area contributed by atoms with Crippen molar-refractivity contribution in [1.82, 2.24) is 0 Å². The average Bonchev–Trinajstić information content (AvgIpc) is 2.68. The highest BCUT2D eigenvalue weighted by molar-refractivity contribution is 5.99. The van der Waals surface area contributed by atoms with Gasteiger partial charge in [-0.1, -0.05) is 105 Å². The van der Waals surface area contributed by atoms with Gasteiger partial charge in [0.05, 0.1) is 5.56 Å². The first kappa shape index (κ1) is 26.0. The SMILES string of the molecule is CCCCCCCCc1ccccc1-c1c(C(=O)O)cc(C(C)(C)C)c(O)c1C(C)(C)C. The summed E-state index contributed by atoms with van der Waals surface area (Å²) in [6, 6.07) is 9.79. The summed E-state index contributed by atoms with van der Waals surface area (Å²) in [5, 5.41) is 21.6. The van der Waals surface area contributed by atoms with Crippen molar-refractivity contribution in [3.05, 3.63) is 52.6 Å². The topological polar surface area (TPSA) is 57.5 Å². The van der Waals surface area contributed by atoms with Gasteiger partial charge in [-0.2, -0.15) is 0 Å². The summed E-state index contributed by atoms with van der Waals surface area (Å²) < 4.78 is 0. The predicted octanol–water partition coefficient (Wildman–Crippen LogP) is 8.26. The van der Waals surface area contributed by atoms with Gasteiger partial charge in [0.2, 0.25) is 0 Å². The molecule has 2 rings (SSSR count). The number of hydrogen-bond acceptors (Lipinski definition) is 2. The molecule has 0 radical (unpaired) electrons. The maximum atomic E-state index is 12.5. The Labute approximate surface area is 194 Å². The van der Waals surface area contributed by atoms with E-state index in [0.29, 0.717) is 11.1 Å². The van der Waals surface area contributed by atoms with Crippen molar-refractivity contribution in [2.45, 2.75) is 104 Å². The second kappa shape index (κ2) is 10.6. The fourth-order valence-electron chi connectivity index (χ4n) is 4.50. The molecule has 0 aliphatic heterocycles. The van der Waals surface area contributed by atoms with Gasteiger partial charge in [-0.3, -0.25) is 0 Å². The Hall–Kier alpha value is -2.29. The molecule has 3 heteroatoms. The molecule has 0 aliphatic rings. The van der Waals surface area contributed by atoms with Crippen molar-refractivity contribution in [3.63, 3.8) is 0 Å². The first-order chi connectivity index (χ1) is 14.9. The molecule has 3 nitrogen and oxygen atoms in total. The lowest BCUT2D eigenvalue weighted by molar-refractivity contribution is 0.0697. The predicted molar refractivity (Wildman–Crippen MR) is 135 cm³/mol. The number of phenols is 1. The summed E-state index contributed by atoms with van der Waals surface area (Å²) in [6.45, 7) is 14.4. The van der Waals surface area contributed by atoms with Crippen molar-refractivity contribution in [2.75, 3.05) is 0 Å². The van der Waals surface area contributed by atoms with E-state index in [4.69, 9.17) is 0 Å². The highest BCUT2D eigenvalue weighted by atomic mass is 16.4. The van der Waals surface area contributed by atoms with Crippen LogP contribution in [0.3, 0.4) is 0 Å². The van der Waals surface area contributed by atoms with Crippen LogP contribution < -0.4 is 0 Å². The number of carboxylic acids is 1. The van der Waals surface area contributed by atoms with E-state index in [1.807, 2.05) is 59.7 Å². The third-order valence-electron chi connectivity index (χ3n) is 6.17. The van der Waals surface area contributed by atoms with Crippen molar-refractivity contribution in [2.24, 2.45) is 0 Å². The average molecular weight is 439 g/mol. The molecular weight excluding hydrogens is 396 g/mol. The van der Waals surface area contributed by atoms with E-state index in [1.165, 1.54) is 32.1 Å². The Morgan fingerprint density at radius 1 is 0.875 bits per heavy atom. The molecule has 176 valence electrons. The number of benzene rings is 2. The fourth-order valence-corrected chi connectivity index (χ4v) is 4.50. The number of carboxylic acid groups (broad SMARTS) is 1. The van der Waals surface area contributed by atoms with Crippen molar-refractivity contribution in [3.8, 4) is 16.9 Å². The number of carbonyl (C=O) groups is 1. The summed E-state index contributed by atoms with van der Waals surface area (Å²) in [6.07, 6.45) is 8.22. The van der Waals surface area contributed by atoms with Crippen LogP contribution in [0.15, 0.2) is 30.3 Å². The third-order valence-corrected chi connectivity index (χ3v) is 6.17. The van der Waals surface area contributed by atoms with Crippen molar-refractivity contribution < 1.29 is 15.0 Å².